The summed E-state index contributed by atoms with van der Waals surface area (Å²) in [6.45, 7) is 0. The lowest BCUT2D eigenvalue weighted by molar-refractivity contribution is -0.141. The number of methoxy groups -OCH3 is 1. The van der Waals surface area contributed by atoms with E-state index in [1.54, 1.807) is 24.3 Å². The van der Waals surface area contributed by atoms with Gasteiger partial charge in [-0.15, -0.1) is 0 Å². The first-order valence-electron chi connectivity index (χ1n) is 6.06. The molecule has 0 saturated heterocycles. The number of hydrogen-bond donors (Lipinski definition) is 1. The van der Waals surface area contributed by atoms with E-state index >= 15 is 0 Å². The molecule has 110 valence electrons. The zero-order chi connectivity index (χ0) is 15.4. The fourth-order valence-electron chi connectivity index (χ4n) is 1.86. The Morgan fingerprint density at radius 2 is 1.90 bits per heavy atom. The monoisotopic (exact) mass is 327 g/mol. The van der Waals surface area contributed by atoms with Crippen molar-refractivity contribution in [2.75, 3.05) is 12.4 Å². The van der Waals surface area contributed by atoms with Crippen LogP contribution in [0.25, 0.3) is 0 Å². The Morgan fingerprint density at radius 1 is 1.19 bits per heavy atom. The summed E-state index contributed by atoms with van der Waals surface area (Å²) >= 11 is 11.8. The van der Waals surface area contributed by atoms with Gasteiger partial charge in [0.25, 0.3) is 0 Å². The first-order valence-corrected chi connectivity index (χ1v) is 6.81. The van der Waals surface area contributed by atoms with Gasteiger partial charge < -0.3 is 10.1 Å². The fraction of sp³-hybridized carbons (Fsp3) is 0.133. The first-order chi connectivity index (χ1) is 10.0. The molecule has 0 saturated carbocycles. The van der Waals surface area contributed by atoms with E-state index in [4.69, 9.17) is 27.9 Å². The third-order valence-electron chi connectivity index (χ3n) is 2.84. The summed E-state index contributed by atoms with van der Waals surface area (Å²) in [7, 11) is 1.23. The minimum absolute atomic E-state index is 0.106. The van der Waals surface area contributed by atoms with E-state index in [1.807, 2.05) is 0 Å². The van der Waals surface area contributed by atoms with E-state index in [1.165, 1.54) is 25.3 Å². The molecule has 1 atom stereocenters. The van der Waals surface area contributed by atoms with Crippen molar-refractivity contribution in [3.63, 3.8) is 0 Å². The third-order valence-corrected chi connectivity index (χ3v) is 3.31. The van der Waals surface area contributed by atoms with E-state index in [2.05, 4.69) is 5.32 Å². The second-order valence-corrected chi connectivity index (χ2v) is 5.15. The molecule has 0 aliphatic carbocycles. The third kappa shape index (κ3) is 3.86. The van der Waals surface area contributed by atoms with Crippen molar-refractivity contribution >= 4 is 34.9 Å². The average molecular weight is 328 g/mol. The van der Waals surface area contributed by atoms with Gasteiger partial charge in [-0.2, -0.15) is 0 Å². The predicted octanol–water partition coefficient (Wildman–Crippen LogP) is 4.46. The van der Waals surface area contributed by atoms with E-state index < -0.39 is 17.8 Å². The van der Waals surface area contributed by atoms with Crippen LogP contribution in [0.4, 0.5) is 10.1 Å². The average Bonchev–Trinajstić information content (AvgIpc) is 2.47. The number of carbonyl (C=O) groups excluding carboxylic acids is 1. The SMILES string of the molecule is COC(=O)C(Nc1cccc(Cl)c1)c1cc(Cl)ccc1F. The number of carbonyl (C=O) groups is 1. The number of nitrogens with one attached hydrogen (secondary N) is 1. The second kappa shape index (κ2) is 6.78. The molecule has 0 fully saturated rings. The molecule has 21 heavy (non-hydrogen) atoms. The summed E-state index contributed by atoms with van der Waals surface area (Å²) in [5.74, 6) is -1.18. The number of ether oxygens (including phenoxy) is 1. The molecule has 2 aromatic carbocycles. The van der Waals surface area contributed by atoms with Crippen LogP contribution in [-0.4, -0.2) is 13.1 Å². The van der Waals surface area contributed by atoms with Gasteiger partial charge in [0.05, 0.1) is 7.11 Å². The van der Waals surface area contributed by atoms with E-state index in [0.717, 1.165) is 0 Å². The molecule has 0 amide bonds. The van der Waals surface area contributed by atoms with Crippen LogP contribution in [0.1, 0.15) is 11.6 Å². The van der Waals surface area contributed by atoms with Crippen LogP contribution >= 0.6 is 23.2 Å². The molecule has 0 aliphatic heterocycles. The van der Waals surface area contributed by atoms with Crippen LogP contribution in [0.2, 0.25) is 10.0 Å². The van der Waals surface area contributed by atoms with E-state index in [9.17, 15) is 9.18 Å². The van der Waals surface area contributed by atoms with Crippen molar-refractivity contribution in [2.24, 2.45) is 0 Å². The molecule has 0 aliphatic rings. The molecule has 2 aromatic rings. The lowest BCUT2D eigenvalue weighted by atomic mass is 10.1. The summed E-state index contributed by atoms with van der Waals surface area (Å²) in [4.78, 5) is 11.9. The first kappa shape index (κ1) is 15.6. The Kier molecular flexibility index (Phi) is 5.04. The number of anilines is 1. The Bertz CT molecular complexity index is 664. The predicted molar refractivity (Wildman–Crippen MR) is 81.2 cm³/mol. The Labute approximate surface area is 131 Å². The van der Waals surface area contributed by atoms with Crippen molar-refractivity contribution < 1.29 is 13.9 Å². The zero-order valence-electron chi connectivity index (χ0n) is 11.1. The highest BCUT2D eigenvalue weighted by molar-refractivity contribution is 6.31. The zero-order valence-corrected chi connectivity index (χ0v) is 12.6. The van der Waals surface area contributed by atoms with Gasteiger partial charge in [0.1, 0.15) is 5.82 Å². The van der Waals surface area contributed by atoms with Crippen molar-refractivity contribution in [2.45, 2.75) is 6.04 Å². The van der Waals surface area contributed by atoms with Gasteiger partial charge in [0.2, 0.25) is 0 Å². The summed E-state index contributed by atoms with van der Waals surface area (Å²) in [5.41, 5.74) is 0.673. The van der Waals surface area contributed by atoms with Gasteiger partial charge in [-0.3, -0.25) is 0 Å². The topological polar surface area (TPSA) is 38.3 Å². The van der Waals surface area contributed by atoms with Crippen molar-refractivity contribution in [3.8, 4) is 0 Å². The Morgan fingerprint density at radius 3 is 2.57 bits per heavy atom. The highest BCUT2D eigenvalue weighted by Crippen LogP contribution is 2.27. The number of hydrogen-bond acceptors (Lipinski definition) is 3. The molecular weight excluding hydrogens is 316 g/mol. The largest absolute Gasteiger partial charge is 0.467 e. The molecule has 0 bridgehead atoms. The van der Waals surface area contributed by atoms with Crippen LogP contribution in [0.3, 0.4) is 0 Å². The van der Waals surface area contributed by atoms with Crippen molar-refractivity contribution in [1.29, 1.82) is 0 Å². The molecule has 0 heterocycles. The number of halogens is 3. The van der Waals surface area contributed by atoms with Crippen LogP contribution in [0.5, 0.6) is 0 Å². The maximum absolute atomic E-state index is 14.0. The summed E-state index contributed by atoms with van der Waals surface area (Å²) < 4.78 is 18.7. The summed E-state index contributed by atoms with van der Waals surface area (Å²) in [6, 6.07) is 9.72. The van der Waals surface area contributed by atoms with Gasteiger partial charge in [-0.1, -0.05) is 29.3 Å². The maximum atomic E-state index is 14.0. The Hall–Kier alpha value is -1.78. The molecule has 3 nitrogen and oxygen atoms in total. The van der Waals surface area contributed by atoms with Gasteiger partial charge >= 0.3 is 5.97 Å². The van der Waals surface area contributed by atoms with Gasteiger partial charge in [-0.05, 0) is 36.4 Å². The smallest absolute Gasteiger partial charge is 0.333 e. The molecule has 0 aromatic heterocycles. The van der Waals surface area contributed by atoms with E-state index in [0.29, 0.717) is 15.7 Å². The molecule has 1 N–H and O–H groups in total. The Balaban J connectivity index is 2.39. The second-order valence-electron chi connectivity index (χ2n) is 4.28. The standard InChI is InChI=1S/C15H12Cl2FNO2/c1-21-15(20)14(12-8-10(17)5-6-13(12)18)19-11-4-2-3-9(16)7-11/h2-8,14,19H,1H3. The molecular formula is C15H12Cl2FNO2. The van der Waals surface area contributed by atoms with Crippen LogP contribution in [-0.2, 0) is 9.53 Å². The maximum Gasteiger partial charge on any atom is 0.333 e. The molecule has 2 rings (SSSR count). The molecule has 0 radical (unpaired) electrons. The minimum Gasteiger partial charge on any atom is -0.467 e. The highest BCUT2D eigenvalue weighted by Gasteiger charge is 2.25. The van der Waals surface area contributed by atoms with Crippen molar-refractivity contribution in [1.82, 2.24) is 0 Å². The molecule has 6 heteroatoms. The summed E-state index contributed by atoms with van der Waals surface area (Å²) in [5, 5.41) is 3.72. The number of rotatable bonds is 4. The van der Waals surface area contributed by atoms with Crippen LogP contribution < -0.4 is 5.32 Å². The lowest BCUT2D eigenvalue weighted by Crippen LogP contribution is -2.23. The molecule has 1 unspecified atom stereocenters. The van der Waals surface area contributed by atoms with Crippen LogP contribution in [0, 0.1) is 5.82 Å². The van der Waals surface area contributed by atoms with Gasteiger partial charge in [0, 0.05) is 21.3 Å². The number of benzene rings is 2. The quantitative estimate of drug-likeness (QED) is 0.842. The lowest BCUT2D eigenvalue weighted by Gasteiger charge is -2.19. The fourth-order valence-corrected chi connectivity index (χ4v) is 2.23. The normalized spacial score (nSPS) is 11.8. The van der Waals surface area contributed by atoms with Crippen molar-refractivity contribution in [3.05, 3.63) is 63.9 Å². The van der Waals surface area contributed by atoms with Gasteiger partial charge in [0.15, 0.2) is 6.04 Å². The highest BCUT2D eigenvalue weighted by atomic mass is 35.5. The van der Waals surface area contributed by atoms with E-state index in [-0.39, 0.29) is 5.56 Å². The van der Waals surface area contributed by atoms with Crippen LogP contribution in [0.15, 0.2) is 42.5 Å². The summed E-state index contributed by atoms with van der Waals surface area (Å²) in [6.07, 6.45) is 0. The van der Waals surface area contributed by atoms with Gasteiger partial charge in [-0.25, -0.2) is 9.18 Å². The molecule has 0 spiro atoms. The minimum atomic E-state index is -1.02. The number of esters is 1.